The van der Waals surface area contributed by atoms with Gasteiger partial charge in [0.05, 0.1) is 17.8 Å². The van der Waals surface area contributed by atoms with Crippen molar-refractivity contribution in [3.8, 4) is 0 Å². The number of aryl methyl sites for hydroxylation is 2. The molecule has 0 radical (unpaired) electrons. The number of alkyl halides is 3. The molecule has 1 fully saturated rings. The molecule has 6 nitrogen and oxygen atoms in total. The van der Waals surface area contributed by atoms with E-state index in [-0.39, 0.29) is 5.56 Å². The van der Waals surface area contributed by atoms with Crippen LogP contribution in [0, 0.1) is 0 Å². The van der Waals surface area contributed by atoms with Crippen LogP contribution in [-0.2, 0) is 25.6 Å². The number of pyridine rings is 1. The average molecular weight is 407 g/mol. The first-order valence-corrected chi connectivity index (χ1v) is 10.0. The molecular weight excluding hydrogens is 383 g/mol. The van der Waals surface area contributed by atoms with E-state index in [1.165, 1.54) is 6.07 Å². The van der Waals surface area contributed by atoms with E-state index >= 15 is 0 Å². The summed E-state index contributed by atoms with van der Waals surface area (Å²) in [5, 5.41) is 4.55. The number of nitrogens with zero attached hydrogens (tertiary/aromatic N) is 5. The molecule has 9 heteroatoms. The number of rotatable bonds is 4. The van der Waals surface area contributed by atoms with Gasteiger partial charge in [-0.3, -0.25) is 9.69 Å². The maximum Gasteiger partial charge on any atom is 0.417 e. The van der Waals surface area contributed by atoms with Crippen LogP contribution in [-0.4, -0.2) is 52.4 Å². The highest BCUT2D eigenvalue weighted by Gasteiger charge is 2.31. The molecule has 4 rings (SSSR count). The van der Waals surface area contributed by atoms with Crippen LogP contribution in [0.2, 0.25) is 0 Å². The minimum Gasteiger partial charge on any atom is -0.354 e. The van der Waals surface area contributed by atoms with E-state index in [0.717, 1.165) is 68.8 Å². The van der Waals surface area contributed by atoms with Gasteiger partial charge in [0.25, 0.3) is 5.56 Å². The topological polar surface area (TPSA) is 54.3 Å². The first-order chi connectivity index (χ1) is 13.9. The summed E-state index contributed by atoms with van der Waals surface area (Å²) < 4.78 is 39.6. The summed E-state index contributed by atoms with van der Waals surface area (Å²) in [5.41, 5.74) is 1.37. The van der Waals surface area contributed by atoms with Crippen molar-refractivity contribution >= 4 is 5.82 Å². The van der Waals surface area contributed by atoms with E-state index < -0.39 is 11.7 Å². The lowest BCUT2D eigenvalue weighted by atomic mass is 9.97. The van der Waals surface area contributed by atoms with E-state index in [2.05, 4.69) is 15.0 Å². The maximum atomic E-state index is 12.7. The number of halogens is 3. The minimum absolute atomic E-state index is 0.0433. The molecule has 0 N–H and O–H groups in total. The van der Waals surface area contributed by atoms with Gasteiger partial charge in [0.2, 0.25) is 0 Å². The van der Waals surface area contributed by atoms with E-state index in [0.29, 0.717) is 25.5 Å². The average Bonchev–Trinajstić information content (AvgIpc) is 2.72. The van der Waals surface area contributed by atoms with Gasteiger partial charge >= 0.3 is 6.18 Å². The van der Waals surface area contributed by atoms with E-state index in [4.69, 9.17) is 0 Å². The van der Waals surface area contributed by atoms with Gasteiger partial charge < -0.3 is 4.90 Å². The molecule has 29 heavy (non-hydrogen) atoms. The Morgan fingerprint density at radius 2 is 1.76 bits per heavy atom. The lowest BCUT2D eigenvalue weighted by Crippen LogP contribution is -2.48. The van der Waals surface area contributed by atoms with Crippen molar-refractivity contribution in [3.63, 3.8) is 0 Å². The van der Waals surface area contributed by atoms with Crippen LogP contribution in [0.5, 0.6) is 0 Å². The molecule has 156 valence electrons. The van der Waals surface area contributed by atoms with Gasteiger partial charge in [-0.05, 0) is 43.4 Å². The van der Waals surface area contributed by atoms with Gasteiger partial charge in [-0.1, -0.05) is 0 Å². The molecular formula is C20H24F3N5O. The Morgan fingerprint density at radius 1 is 1.00 bits per heavy atom. The van der Waals surface area contributed by atoms with Crippen LogP contribution in [0.3, 0.4) is 0 Å². The predicted octanol–water partition coefficient (Wildman–Crippen LogP) is 2.36. The van der Waals surface area contributed by atoms with Crippen molar-refractivity contribution in [2.24, 2.45) is 0 Å². The van der Waals surface area contributed by atoms with Crippen molar-refractivity contribution in [2.75, 3.05) is 37.6 Å². The zero-order valence-electron chi connectivity index (χ0n) is 16.2. The highest BCUT2D eigenvalue weighted by atomic mass is 19.4. The second kappa shape index (κ2) is 8.14. The SMILES string of the molecule is O=c1cc2c(nn1CCN1CCN(c3ccc(C(F)(F)F)cn3)CC1)CCCC2. The molecule has 1 aliphatic heterocycles. The molecule has 2 aromatic heterocycles. The maximum absolute atomic E-state index is 12.7. The third kappa shape index (κ3) is 4.60. The van der Waals surface area contributed by atoms with Gasteiger partial charge in [-0.15, -0.1) is 0 Å². The molecule has 0 spiro atoms. The number of hydrogen-bond donors (Lipinski definition) is 0. The number of piperazine rings is 1. The second-order valence-corrected chi connectivity index (χ2v) is 7.62. The third-order valence-corrected chi connectivity index (χ3v) is 5.67. The molecule has 0 saturated carbocycles. The molecule has 1 aliphatic carbocycles. The lowest BCUT2D eigenvalue weighted by molar-refractivity contribution is -0.137. The molecule has 0 aromatic carbocycles. The molecule has 2 aromatic rings. The summed E-state index contributed by atoms with van der Waals surface area (Å²) in [5.74, 6) is 0.560. The summed E-state index contributed by atoms with van der Waals surface area (Å²) >= 11 is 0. The monoisotopic (exact) mass is 407 g/mol. The largest absolute Gasteiger partial charge is 0.417 e. The molecule has 0 atom stereocenters. The normalized spacial score (nSPS) is 18.0. The fourth-order valence-corrected chi connectivity index (χ4v) is 3.94. The van der Waals surface area contributed by atoms with Crippen molar-refractivity contribution in [3.05, 3.63) is 51.6 Å². The fourth-order valence-electron chi connectivity index (χ4n) is 3.94. The Balaban J connectivity index is 1.31. The van der Waals surface area contributed by atoms with Crippen LogP contribution in [0.15, 0.2) is 29.2 Å². The number of fused-ring (bicyclic) bond motifs is 1. The molecule has 0 amide bonds. The molecule has 0 unspecified atom stereocenters. The highest BCUT2D eigenvalue weighted by molar-refractivity contribution is 5.40. The van der Waals surface area contributed by atoms with Crippen molar-refractivity contribution in [1.82, 2.24) is 19.7 Å². The zero-order chi connectivity index (χ0) is 20.4. The van der Waals surface area contributed by atoms with Gasteiger partial charge in [-0.2, -0.15) is 18.3 Å². The number of hydrogen-bond acceptors (Lipinski definition) is 5. The number of anilines is 1. The van der Waals surface area contributed by atoms with Crippen LogP contribution in [0.25, 0.3) is 0 Å². The summed E-state index contributed by atoms with van der Waals surface area (Å²) in [6.45, 7) is 4.17. The third-order valence-electron chi connectivity index (χ3n) is 5.67. The summed E-state index contributed by atoms with van der Waals surface area (Å²) in [7, 11) is 0. The molecule has 1 saturated heterocycles. The zero-order valence-corrected chi connectivity index (χ0v) is 16.2. The van der Waals surface area contributed by atoms with Crippen LogP contribution in [0.1, 0.15) is 29.7 Å². The van der Waals surface area contributed by atoms with Gasteiger partial charge in [-0.25, -0.2) is 9.67 Å². The van der Waals surface area contributed by atoms with Crippen LogP contribution < -0.4 is 10.5 Å². The Hall–Kier alpha value is -2.42. The quantitative estimate of drug-likeness (QED) is 0.779. The Labute approximate surface area is 167 Å². The Bertz CT molecular complexity index is 902. The van der Waals surface area contributed by atoms with Crippen LogP contribution in [0.4, 0.5) is 19.0 Å². The Kier molecular flexibility index (Phi) is 5.58. The van der Waals surface area contributed by atoms with E-state index in [9.17, 15) is 18.0 Å². The highest BCUT2D eigenvalue weighted by Crippen LogP contribution is 2.29. The van der Waals surface area contributed by atoms with Crippen molar-refractivity contribution in [1.29, 1.82) is 0 Å². The molecule has 2 aliphatic rings. The van der Waals surface area contributed by atoms with Crippen LogP contribution >= 0.6 is 0 Å². The van der Waals surface area contributed by atoms with Crippen molar-refractivity contribution in [2.45, 2.75) is 38.4 Å². The summed E-state index contributed by atoms with van der Waals surface area (Å²) in [6, 6.07) is 4.23. The first kappa shape index (κ1) is 19.9. The summed E-state index contributed by atoms with van der Waals surface area (Å²) in [4.78, 5) is 20.5. The summed E-state index contributed by atoms with van der Waals surface area (Å²) in [6.07, 6.45) is 0.643. The van der Waals surface area contributed by atoms with Crippen molar-refractivity contribution < 1.29 is 13.2 Å². The predicted molar refractivity (Wildman–Crippen MR) is 103 cm³/mol. The number of aromatic nitrogens is 3. The minimum atomic E-state index is -4.37. The molecule has 3 heterocycles. The first-order valence-electron chi connectivity index (χ1n) is 10.0. The van der Waals surface area contributed by atoms with E-state index in [1.807, 2.05) is 4.90 Å². The standard InChI is InChI=1S/C20H24F3N5O/c21-20(22,23)16-5-6-18(24-14-16)27-10-7-26(8-11-27)9-12-28-19(29)13-15-3-1-2-4-17(15)25-28/h5-6,13-14H,1-4,7-12H2. The second-order valence-electron chi connectivity index (χ2n) is 7.62. The van der Waals surface area contributed by atoms with Gasteiger partial charge in [0, 0.05) is 45.0 Å². The smallest absolute Gasteiger partial charge is 0.354 e. The van der Waals surface area contributed by atoms with Gasteiger partial charge in [0.1, 0.15) is 5.82 Å². The van der Waals surface area contributed by atoms with Gasteiger partial charge in [0.15, 0.2) is 0 Å². The Morgan fingerprint density at radius 3 is 2.45 bits per heavy atom. The molecule has 0 bridgehead atoms. The van der Waals surface area contributed by atoms with E-state index in [1.54, 1.807) is 10.7 Å². The fraction of sp³-hybridized carbons (Fsp3) is 0.550. The lowest BCUT2D eigenvalue weighted by Gasteiger charge is -2.35.